The van der Waals surface area contributed by atoms with Crippen LogP contribution in [0.1, 0.15) is 21.9 Å². The van der Waals surface area contributed by atoms with Crippen molar-refractivity contribution in [3.05, 3.63) is 88.3 Å². The second-order valence-electron chi connectivity index (χ2n) is 7.25. The maximum absolute atomic E-state index is 12.5. The molecule has 1 aliphatic heterocycles. The lowest BCUT2D eigenvalue weighted by atomic mass is 10.2. The Balaban J connectivity index is 0.00000306. The molecule has 1 aliphatic rings. The number of carbonyl (C=O) groups excluding carboxylic acids is 1. The molecule has 3 aromatic rings. The zero-order valence-electron chi connectivity index (χ0n) is 17.8. The summed E-state index contributed by atoms with van der Waals surface area (Å²) in [6, 6.07) is 13.4. The summed E-state index contributed by atoms with van der Waals surface area (Å²) in [7, 11) is 0. The fourth-order valence-electron chi connectivity index (χ4n) is 3.41. The zero-order chi connectivity index (χ0) is 22.3. The summed E-state index contributed by atoms with van der Waals surface area (Å²) in [5.74, 6) is 1.67. The van der Waals surface area contributed by atoms with Gasteiger partial charge in [0.25, 0.3) is 11.6 Å². The zero-order valence-corrected chi connectivity index (χ0v) is 20.1. The molecule has 2 aromatic heterocycles. The number of aliphatic imine (C=N–C) groups is 1. The highest BCUT2D eigenvalue weighted by atomic mass is 127. The molecule has 11 heteroatoms. The Morgan fingerprint density at radius 1 is 1.00 bits per heavy atom. The molecule has 0 aliphatic carbocycles. The number of furan rings is 2. The summed E-state index contributed by atoms with van der Waals surface area (Å²) in [6.07, 6.45) is 3.11. The molecule has 10 nitrogen and oxygen atoms in total. The lowest BCUT2D eigenvalue weighted by Crippen LogP contribution is -2.53. The number of nitro benzene ring substituents is 1. The molecule has 0 unspecified atom stereocenters. The molecule has 4 rings (SSSR count). The van der Waals surface area contributed by atoms with Gasteiger partial charge in [-0.3, -0.25) is 14.9 Å². The quantitative estimate of drug-likeness (QED) is 0.160. The molecule has 1 amide bonds. The summed E-state index contributed by atoms with van der Waals surface area (Å²) in [6.45, 7) is 3.13. The lowest BCUT2D eigenvalue weighted by Gasteiger charge is -2.36. The van der Waals surface area contributed by atoms with Crippen molar-refractivity contribution in [3.63, 3.8) is 0 Å². The van der Waals surface area contributed by atoms with E-state index in [4.69, 9.17) is 13.8 Å². The van der Waals surface area contributed by atoms with E-state index in [0.717, 1.165) is 11.3 Å². The summed E-state index contributed by atoms with van der Waals surface area (Å²) in [5.41, 5.74) is 0.908. The van der Waals surface area contributed by atoms with E-state index in [9.17, 15) is 14.9 Å². The van der Waals surface area contributed by atoms with Gasteiger partial charge in [-0.25, -0.2) is 4.99 Å². The highest BCUT2D eigenvalue weighted by molar-refractivity contribution is 14.0. The fraction of sp³-hybridized carbons (Fsp3) is 0.273. The van der Waals surface area contributed by atoms with Crippen molar-refractivity contribution in [2.45, 2.75) is 13.1 Å². The van der Waals surface area contributed by atoms with Crippen LogP contribution < -0.4 is 5.32 Å². The van der Waals surface area contributed by atoms with E-state index in [1.165, 1.54) is 18.4 Å². The fourth-order valence-corrected chi connectivity index (χ4v) is 3.41. The number of hydrogen-bond donors (Lipinski definition) is 1. The molecule has 3 heterocycles. The Morgan fingerprint density at radius 3 is 2.27 bits per heavy atom. The van der Waals surface area contributed by atoms with Gasteiger partial charge >= 0.3 is 0 Å². The lowest BCUT2D eigenvalue weighted by molar-refractivity contribution is -0.384. The summed E-state index contributed by atoms with van der Waals surface area (Å²) < 4.78 is 10.6. The van der Waals surface area contributed by atoms with E-state index in [2.05, 4.69) is 10.2 Å². The normalized spacial score (nSPS) is 14.0. The number of piperazine rings is 1. The van der Waals surface area contributed by atoms with Crippen LogP contribution in [0.25, 0.3) is 0 Å². The van der Waals surface area contributed by atoms with E-state index < -0.39 is 4.92 Å². The van der Waals surface area contributed by atoms with Crippen LogP contribution in [-0.2, 0) is 13.1 Å². The van der Waals surface area contributed by atoms with Gasteiger partial charge in [0, 0.05) is 38.3 Å². The SMILES string of the molecule is I.O=C(c1ccco1)N1CCN(C(=NCc2ccc([N+](=O)[O-])cc2)NCc2ccco2)CC1. The molecular weight excluding hydrogens is 541 g/mol. The van der Waals surface area contributed by atoms with Crippen LogP contribution in [0.4, 0.5) is 5.69 Å². The number of benzene rings is 1. The highest BCUT2D eigenvalue weighted by Gasteiger charge is 2.25. The standard InChI is InChI=1S/C22H23N5O5.HI/c28-21(20-4-2-14-32-20)25-9-11-26(12-10-25)22(24-16-19-3-1-13-31-19)23-15-17-5-7-18(8-6-17)27(29)30;/h1-8,13-14H,9-12,15-16H2,(H,23,24);1H. The van der Waals surface area contributed by atoms with Gasteiger partial charge < -0.3 is 24.0 Å². The molecule has 0 bridgehead atoms. The Kier molecular flexibility index (Phi) is 8.46. The van der Waals surface area contributed by atoms with Gasteiger partial charge in [-0.05, 0) is 29.8 Å². The number of hydrogen-bond acceptors (Lipinski definition) is 6. The Morgan fingerprint density at radius 2 is 1.67 bits per heavy atom. The number of nitrogens with zero attached hydrogens (tertiary/aromatic N) is 4. The summed E-state index contributed by atoms with van der Waals surface area (Å²) in [4.78, 5) is 31.5. The average Bonchev–Trinajstić information content (AvgIpc) is 3.54. The minimum Gasteiger partial charge on any atom is -0.467 e. The molecule has 1 fully saturated rings. The van der Waals surface area contributed by atoms with Gasteiger partial charge in [-0.1, -0.05) is 12.1 Å². The van der Waals surface area contributed by atoms with E-state index in [1.54, 1.807) is 35.4 Å². The maximum Gasteiger partial charge on any atom is 0.289 e. The van der Waals surface area contributed by atoms with E-state index >= 15 is 0 Å². The second kappa shape index (κ2) is 11.5. The maximum atomic E-state index is 12.5. The van der Waals surface area contributed by atoms with Crippen molar-refractivity contribution in [1.82, 2.24) is 15.1 Å². The molecular formula is C22H24IN5O5. The third kappa shape index (κ3) is 6.34. The second-order valence-corrected chi connectivity index (χ2v) is 7.25. The van der Waals surface area contributed by atoms with Crippen LogP contribution in [0.2, 0.25) is 0 Å². The van der Waals surface area contributed by atoms with Gasteiger partial charge in [0.05, 0.1) is 30.5 Å². The van der Waals surface area contributed by atoms with Crippen LogP contribution in [0, 0.1) is 10.1 Å². The topological polar surface area (TPSA) is 117 Å². The number of amides is 1. The van der Waals surface area contributed by atoms with Gasteiger partial charge in [-0.2, -0.15) is 0 Å². The molecule has 0 spiro atoms. The summed E-state index contributed by atoms with van der Waals surface area (Å²) >= 11 is 0. The molecule has 1 aromatic carbocycles. The third-order valence-corrected chi connectivity index (χ3v) is 5.16. The van der Waals surface area contributed by atoms with Crippen molar-refractivity contribution in [2.24, 2.45) is 4.99 Å². The Labute approximate surface area is 207 Å². The van der Waals surface area contributed by atoms with Crippen LogP contribution in [-0.4, -0.2) is 52.8 Å². The number of nitrogens with one attached hydrogen (secondary N) is 1. The van der Waals surface area contributed by atoms with E-state index in [-0.39, 0.29) is 35.6 Å². The van der Waals surface area contributed by atoms with Gasteiger partial charge in [0.2, 0.25) is 0 Å². The van der Waals surface area contributed by atoms with Crippen molar-refractivity contribution in [3.8, 4) is 0 Å². The third-order valence-electron chi connectivity index (χ3n) is 5.16. The molecule has 33 heavy (non-hydrogen) atoms. The largest absolute Gasteiger partial charge is 0.467 e. The molecule has 1 N–H and O–H groups in total. The molecule has 0 saturated carbocycles. The summed E-state index contributed by atoms with van der Waals surface area (Å²) in [5, 5.41) is 14.2. The molecule has 0 radical (unpaired) electrons. The first-order chi connectivity index (χ1) is 15.6. The van der Waals surface area contributed by atoms with Crippen molar-refractivity contribution in [2.75, 3.05) is 26.2 Å². The molecule has 174 valence electrons. The minimum absolute atomic E-state index is 0. The number of guanidine groups is 1. The number of rotatable bonds is 6. The number of halogens is 1. The first-order valence-corrected chi connectivity index (χ1v) is 10.2. The van der Waals surface area contributed by atoms with Crippen molar-refractivity contribution in [1.29, 1.82) is 0 Å². The first kappa shape index (κ1) is 24.3. The minimum atomic E-state index is -0.424. The molecule has 1 saturated heterocycles. The van der Waals surface area contributed by atoms with Crippen molar-refractivity contribution < 1.29 is 18.6 Å². The van der Waals surface area contributed by atoms with E-state index in [0.29, 0.717) is 51.0 Å². The first-order valence-electron chi connectivity index (χ1n) is 10.2. The number of non-ortho nitro benzene ring substituents is 1. The van der Waals surface area contributed by atoms with Gasteiger partial charge in [0.1, 0.15) is 5.76 Å². The molecule has 0 atom stereocenters. The average molecular weight is 565 g/mol. The van der Waals surface area contributed by atoms with Crippen molar-refractivity contribution >= 4 is 41.5 Å². The van der Waals surface area contributed by atoms with Gasteiger partial charge in [0.15, 0.2) is 11.7 Å². The predicted octanol–water partition coefficient (Wildman–Crippen LogP) is 3.50. The Hall–Kier alpha value is -3.35. The highest BCUT2D eigenvalue weighted by Crippen LogP contribution is 2.14. The predicted molar refractivity (Wildman–Crippen MR) is 131 cm³/mol. The monoisotopic (exact) mass is 565 g/mol. The number of carbonyl (C=O) groups is 1. The van der Waals surface area contributed by atoms with Gasteiger partial charge in [-0.15, -0.1) is 24.0 Å². The van der Waals surface area contributed by atoms with E-state index in [1.807, 2.05) is 12.1 Å². The number of nitro groups is 1. The van der Waals surface area contributed by atoms with Crippen LogP contribution in [0.15, 0.2) is 74.9 Å². The van der Waals surface area contributed by atoms with Crippen LogP contribution in [0.5, 0.6) is 0 Å². The Bertz CT molecular complexity index is 1060. The smallest absolute Gasteiger partial charge is 0.289 e. The van der Waals surface area contributed by atoms with Crippen LogP contribution in [0.3, 0.4) is 0 Å². The van der Waals surface area contributed by atoms with Crippen LogP contribution >= 0.6 is 24.0 Å².